The van der Waals surface area contributed by atoms with Crippen molar-refractivity contribution in [2.75, 3.05) is 0 Å². The predicted molar refractivity (Wildman–Crippen MR) is 84.5 cm³/mol. The van der Waals surface area contributed by atoms with Crippen LogP contribution in [0.5, 0.6) is 0 Å². The number of nitrogens with one attached hydrogen (secondary N) is 1. The number of nitrogens with zero attached hydrogens (tertiary/aromatic N) is 1. The molecule has 1 aromatic carbocycles. The molecule has 1 aromatic heterocycles. The molecule has 0 spiro atoms. The number of aromatic amines is 1. The molecule has 1 aliphatic heterocycles. The average Bonchev–Trinajstić information content (AvgIpc) is 2.92. The molecule has 1 fully saturated rings. The maximum Gasteiger partial charge on any atom is 0.494 e. The predicted octanol–water partition coefficient (Wildman–Crippen LogP) is 2.68. The molecule has 21 heavy (non-hydrogen) atoms. The highest BCUT2D eigenvalue weighted by Crippen LogP contribution is 2.36. The van der Waals surface area contributed by atoms with Crippen LogP contribution in [0.1, 0.15) is 33.4 Å². The Kier molecular flexibility index (Phi) is 3.22. The van der Waals surface area contributed by atoms with Gasteiger partial charge in [0.2, 0.25) is 0 Å². The molecule has 4 nitrogen and oxygen atoms in total. The second-order valence-corrected chi connectivity index (χ2v) is 6.59. The van der Waals surface area contributed by atoms with Gasteiger partial charge in [-0.05, 0) is 40.1 Å². The van der Waals surface area contributed by atoms with Gasteiger partial charge in [-0.1, -0.05) is 24.3 Å². The van der Waals surface area contributed by atoms with Gasteiger partial charge in [0.15, 0.2) is 0 Å². The monoisotopic (exact) mass is 284 g/mol. The Morgan fingerprint density at radius 3 is 2.05 bits per heavy atom. The Morgan fingerprint density at radius 1 is 1.00 bits per heavy atom. The van der Waals surface area contributed by atoms with Crippen LogP contribution < -0.4 is 5.46 Å². The Hall–Kier alpha value is -1.59. The number of rotatable bonds is 2. The van der Waals surface area contributed by atoms with Gasteiger partial charge < -0.3 is 14.3 Å². The number of H-pyrrole nitrogens is 1. The summed E-state index contributed by atoms with van der Waals surface area (Å²) < 4.78 is 12.1. The summed E-state index contributed by atoms with van der Waals surface area (Å²) >= 11 is 0. The van der Waals surface area contributed by atoms with Gasteiger partial charge >= 0.3 is 7.12 Å². The van der Waals surface area contributed by atoms with Crippen LogP contribution in [0.15, 0.2) is 30.6 Å². The molecule has 3 rings (SSSR count). The maximum atomic E-state index is 6.06. The maximum absolute atomic E-state index is 6.06. The van der Waals surface area contributed by atoms with Crippen LogP contribution >= 0.6 is 0 Å². The topological polar surface area (TPSA) is 47.1 Å². The van der Waals surface area contributed by atoms with E-state index in [1.807, 2.05) is 19.1 Å². The molecule has 0 aliphatic carbocycles. The van der Waals surface area contributed by atoms with Crippen molar-refractivity contribution in [1.29, 1.82) is 0 Å². The highest BCUT2D eigenvalue weighted by atomic mass is 16.7. The molecular formula is C16H21BN2O2. The fourth-order valence-electron chi connectivity index (χ4n) is 2.43. The third kappa shape index (κ3) is 2.41. The highest BCUT2D eigenvalue weighted by Gasteiger charge is 2.51. The zero-order valence-corrected chi connectivity index (χ0v) is 13.2. The van der Waals surface area contributed by atoms with Gasteiger partial charge in [0.1, 0.15) is 0 Å². The fraction of sp³-hybridized carbons (Fsp3) is 0.438. The number of benzene rings is 1. The minimum Gasteiger partial charge on any atom is -0.399 e. The molecule has 5 heteroatoms. The van der Waals surface area contributed by atoms with E-state index >= 15 is 0 Å². The minimum absolute atomic E-state index is 0.310. The van der Waals surface area contributed by atoms with Crippen molar-refractivity contribution >= 4 is 12.6 Å². The largest absolute Gasteiger partial charge is 0.494 e. The fourth-order valence-corrected chi connectivity index (χ4v) is 2.43. The minimum atomic E-state index is -0.315. The van der Waals surface area contributed by atoms with Crippen LogP contribution in [0.3, 0.4) is 0 Å². The Bertz CT molecular complexity index is 631. The lowest BCUT2D eigenvalue weighted by atomic mass is 9.79. The van der Waals surface area contributed by atoms with E-state index in [1.165, 1.54) is 0 Å². The molecule has 0 unspecified atom stereocenters. The van der Waals surface area contributed by atoms with E-state index in [1.54, 1.807) is 6.33 Å². The molecule has 0 bridgehead atoms. The van der Waals surface area contributed by atoms with Gasteiger partial charge in [-0.25, -0.2) is 4.98 Å². The van der Waals surface area contributed by atoms with Gasteiger partial charge in [0.05, 0.1) is 23.2 Å². The molecular weight excluding hydrogens is 263 g/mol. The summed E-state index contributed by atoms with van der Waals surface area (Å²) in [5.41, 5.74) is 3.55. The second kappa shape index (κ2) is 4.72. The van der Waals surface area contributed by atoms with E-state index in [2.05, 4.69) is 49.8 Å². The van der Waals surface area contributed by atoms with E-state index < -0.39 is 0 Å². The van der Waals surface area contributed by atoms with Crippen LogP contribution in [0.25, 0.3) is 11.3 Å². The van der Waals surface area contributed by atoms with Crippen LogP contribution in [0.4, 0.5) is 0 Å². The van der Waals surface area contributed by atoms with Crippen LogP contribution in [-0.2, 0) is 9.31 Å². The van der Waals surface area contributed by atoms with Crippen LogP contribution in [0.2, 0.25) is 0 Å². The highest BCUT2D eigenvalue weighted by molar-refractivity contribution is 6.62. The molecule has 2 heterocycles. The van der Waals surface area contributed by atoms with Crippen molar-refractivity contribution in [3.63, 3.8) is 0 Å². The molecule has 0 radical (unpaired) electrons. The van der Waals surface area contributed by atoms with Crippen molar-refractivity contribution in [2.45, 2.75) is 45.8 Å². The van der Waals surface area contributed by atoms with Gasteiger partial charge in [-0.3, -0.25) is 0 Å². The lowest BCUT2D eigenvalue weighted by Crippen LogP contribution is -2.41. The summed E-state index contributed by atoms with van der Waals surface area (Å²) in [5, 5.41) is 0. The van der Waals surface area contributed by atoms with Crippen molar-refractivity contribution in [3.8, 4) is 11.3 Å². The molecule has 1 aliphatic rings. The van der Waals surface area contributed by atoms with Crippen molar-refractivity contribution < 1.29 is 9.31 Å². The first-order valence-electron chi connectivity index (χ1n) is 7.26. The average molecular weight is 284 g/mol. The standard InChI is InChI=1S/C16H21BN2O2/c1-11-14(19-10-18-11)12-6-8-13(9-7-12)17-20-15(2,3)16(4,5)21-17/h6-10H,1-5H3,(H,18,19). The van der Waals surface area contributed by atoms with E-state index in [-0.39, 0.29) is 18.3 Å². The lowest BCUT2D eigenvalue weighted by molar-refractivity contribution is 0.00578. The molecule has 0 amide bonds. The lowest BCUT2D eigenvalue weighted by Gasteiger charge is -2.32. The smallest absolute Gasteiger partial charge is 0.399 e. The van der Waals surface area contributed by atoms with Gasteiger partial charge in [0, 0.05) is 11.3 Å². The third-order valence-corrected chi connectivity index (χ3v) is 4.54. The van der Waals surface area contributed by atoms with E-state index in [4.69, 9.17) is 9.31 Å². The number of hydrogen-bond acceptors (Lipinski definition) is 3. The Morgan fingerprint density at radius 2 is 1.57 bits per heavy atom. The number of aromatic nitrogens is 2. The number of imidazole rings is 1. The van der Waals surface area contributed by atoms with Gasteiger partial charge in [-0.2, -0.15) is 0 Å². The summed E-state index contributed by atoms with van der Waals surface area (Å²) in [6, 6.07) is 8.21. The van der Waals surface area contributed by atoms with E-state index in [0.717, 1.165) is 22.4 Å². The number of aryl methyl sites for hydroxylation is 1. The van der Waals surface area contributed by atoms with Crippen LogP contribution in [-0.4, -0.2) is 28.3 Å². The van der Waals surface area contributed by atoms with E-state index in [0.29, 0.717) is 0 Å². The van der Waals surface area contributed by atoms with Gasteiger partial charge in [-0.15, -0.1) is 0 Å². The summed E-state index contributed by atoms with van der Waals surface area (Å²) in [6.07, 6.45) is 1.72. The van der Waals surface area contributed by atoms with Crippen molar-refractivity contribution in [3.05, 3.63) is 36.3 Å². The van der Waals surface area contributed by atoms with E-state index in [9.17, 15) is 0 Å². The van der Waals surface area contributed by atoms with Gasteiger partial charge in [0.25, 0.3) is 0 Å². The zero-order chi connectivity index (χ0) is 15.3. The normalized spacial score (nSPS) is 20.0. The van der Waals surface area contributed by atoms with Crippen molar-refractivity contribution in [2.24, 2.45) is 0 Å². The summed E-state index contributed by atoms with van der Waals surface area (Å²) in [4.78, 5) is 7.44. The molecule has 110 valence electrons. The first-order valence-corrected chi connectivity index (χ1v) is 7.26. The van der Waals surface area contributed by atoms with Crippen molar-refractivity contribution in [1.82, 2.24) is 9.97 Å². The number of hydrogen-bond donors (Lipinski definition) is 1. The summed E-state index contributed by atoms with van der Waals surface area (Å²) in [5.74, 6) is 0. The quantitative estimate of drug-likeness (QED) is 0.862. The Balaban J connectivity index is 1.85. The molecule has 1 saturated heterocycles. The third-order valence-electron chi connectivity index (χ3n) is 4.54. The first kappa shape index (κ1) is 14.4. The second-order valence-electron chi connectivity index (χ2n) is 6.59. The molecule has 0 saturated carbocycles. The molecule has 2 aromatic rings. The Labute approximate surface area is 126 Å². The summed E-state index contributed by atoms with van der Waals surface area (Å²) in [6.45, 7) is 10.3. The zero-order valence-electron chi connectivity index (χ0n) is 13.2. The summed E-state index contributed by atoms with van der Waals surface area (Å²) in [7, 11) is -0.315. The molecule has 0 atom stereocenters. The first-order chi connectivity index (χ1) is 9.80. The molecule has 1 N–H and O–H groups in total. The van der Waals surface area contributed by atoms with Crippen LogP contribution in [0, 0.1) is 6.92 Å². The SMILES string of the molecule is Cc1[nH]cnc1-c1ccc(B2OC(C)(C)C(C)(C)O2)cc1.